The lowest BCUT2D eigenvalue weighted by Crippen LogP contribution is -2.38. The lowest BCUT2D eigenvalue weighted by Gasteiger charge is -2.21. The Morgan fingerprint density at radius 2 is 2.12 bits per heavy atom. The van der Waals surface area contributed by atoms with Crippen LogP contribution in [0.15, 0.2) is 17.1 Å². The van der Waals surface area contributed by atoms with E-state index in [1.807, 2.05) is 11.8 Å². The molecule has 2 N–H and O–H groups in total. The number of benzene rings is 1. The number of ether oxygens (including phenoxy) is 2. The minimum atomic E-state index is -0.255. The van der Waals surface area contributed by atoms with Gasteiger partial charge in [-0.1, -0.05) is 0 Å². The third-order valence-corrected chi connectivity index (χ3v) is 4.43. The highest BCUT2D eigenvalue weighted by Gasteiger charge is 2.16. The maximum Gasteiger partial charge on any atom is 0.190 e. The average molecular weight is 355 g/mol. The molecule has 24 heavy (non-hydrogen) atoms. The number of aliphatic imine (C=N–C) groups is 1. The molecule has 134 valence electrons. The van der Waals surface area contributed by atoms with Crippen LogP contribution in [0.2, 0.25) is 0 Å². The summed E-state index contributed by atoms with van der Waals surface area (Å²) in [5, 5.41) is 6.55. The van der Waals surface area contributed by atoms with Crippen molar-refractivity contribution in [2.45, 2.75) is 25.9 Å². The van der Waals surface area contributed by atoms with E-state index in [0.29, 0.717) is 19.6 Å². The van der Waals surface area contributed by atoms with Crippen LogP contribution in [-0.2, 0) is 17.8 Å². The normalized spacial score (nSPS) is 14.0. The fraction of sp³-hybridized carbons (Fsp3) is 0.588. The third-order valence-electron chi connectivity index (χ3n) is 3.73. The van der Waals surface area contributed by atoms with Crippen molar-refractivity contribution in [1.82, 2.24) is 10.6 Å². The first-order valence-corrected chi connectivity index (χ1v) is 9.59. The van der Waals surface area contributed by atoms with Crippen molar-refractivity contribution < 1.29 is 13.9 Å². The van der Waals surface area contributed by atoms with Gasteiger partial charge in [-0.05, 0) is 49.0 Å². The molecule has 2 rings (SSSR count). The van der Waals surface area contributed by atoms with Crippen molar-refractivity contribution in [3.63, 3.8) is 0 Å². The summed E-state index contributed by atoms with van der Waals surface area (Å²) in [6, 6.07) is 3.00. The zero-order chi connectivity index (χ0) is 17.2. The Bertz CT molecular complexity index is 555. The fourth-order valence-electron chi connectivity index (χ4n) is 2.56. The molecule has 0 atom stereocenters. The standard InChI is InChI=1S/C17H26FN3O2S/c1-19-17(20-6-3-4-8-24-2)21-7-5-13-9-15(18)10-14-11-22-12-23-16(13)14/h9-10H,3-8,11-12H2,1-2H3,(H2,19,20,21). The molecule has 0 bridgehead atoms. The number of guanidine groups is 1. The molecule has 0 aromatic heterocycles. The second-order valence-corrected chi connectivity index (χ2v) is 6.53. The van der Waals surface area contributed by atoms with Gasteiger partial charge in [0.25, 0.3) is 0 Å². The minimum Gasteiger partial charge on any atom is -0.467 e. The summed E-state index contributed by atoms with van der Waals surface area (Å²) in [7, 11) is 1.75. The molecule has 0 fully saturated rings. The molecule has 0 unspecified atom stereocenters. The lowest BCUT2D eigenvalue weighted by atomic mass is 10.1. The summed E-state index contributed by atoms with van der Waals surface area (Å²) < 4.78 is 24.4. The number of hydrogen-bond donors (Lipinski definition) is 2. The first-order chi connectivity index (χ1) is 11.7. The Kier molecular flexibility index (Phi) is 8.18. The maximum atomic E-state index is 13.7. The van der Waals surface area contributed by atoms with E-state index in [-0.39, 0.29) is 12.6 Å². The molecule has 5 nitrogen and oxygen atoms in total. The molecule has 1 aliphatic rings. The highest BCUT2D eigenvalue weighted by molar-refractivity contribution is 7.98. The van der Waals surface area contributed by atoms with E-state index in [2.05, 4.69) is 21.9 Å². The molecule has 0 radical (unpaired) electrons. The van der Waals surface area contributed by atoms with Gasteiger partial charge in [-0.25, -0.2) is 4.39 Å². The Morgan fingerprint density at radius 3 is 2.92 bits per heavy atom. The molecule has 7 heteroatoms. The molecule has 1 aromatic carbocycles. The number of thioether (sulfide) groups is 1. The van der Waals surface area contributed by atoms with E-state index >= 15 is 0 Å². The predicted octanol–water partition coefficient (Wildman–Crippen LogP) is 2.54. The summed E-state index contributed by atoms with van der Waals surface area (Å²) >= 11 is 1.87. The van der Waals surface area contributed by atoms with Crippen molar-refractivity contribution in [3.8, 4) is 5.75 Å². The zero-order valence-corrected chi connectivity index (χ0v) is 15.2. The van der Waals surface area contributed by atoms with Gasteiger partial charge in [-0.3, -0.25) is 4.99 Å². The van der Waals surface area contributed by atoms with Gasteiger partial charge in [0.05, 0.1) is 6.61 Å². The second kappa shape index (κ2) is 10.4. The van der Waals surface area contributed by atoms with Crippen LogP contribution in [0.5, 0.6) is 5.75 Å². The molecular formula is C17H26FN3O2S. The van der Waals surface area contributed by atoms with Gasteiger partial charge in [0, 0.05) is 25.7 Å². The Hall–Kier alpha value is -1.47. The van der Waals surface area contributed by atoms with Crippen molar-refractivity contribution in [3.05, 3.63) is 29.1 Å². The summed E-state index contributed by atoms with van der Waals surface area (Å²) in [5.41, 5.74) is 1.63. The first-order valence-electron chi connectivity index (χ1n) is 8.20. The van der Waals surface area contributed by atoms with E-state index in [4.69, 9.17) is 9.47 Å². The smallest absolute Gasteiger partial charge is 0.190 e. The number of rotatable bonds is 8. The summed E-state index contributed by atoms with van der Waals surface area (Å²) in [5.74, 6) is 2.45. The van der Waals surface area contributed by atoms with E-state index in [1.165, 1.54) is 24.3 Å². The summed E-state index contributed by atoms with van der Waals surface area (Å²) in [6.45, 7) is 2.17. The first kappa shape index (κ1) is 18.9. The molecule has 0 aliphatic carbocycles. The molecule has 1 aliphatic heterocycles. The molecular weight excluding hydrogens is 329 g/mol. The van der Waals surface area contributed by atoms with Gasteiger partial charge < -0.3 is 20.1 Å². The third kappa shape index (κ3) is 5.87. The minimum absolute atomic E-state index is 0.221. The maximum absolute atomic E-state index is 13.7. The van der Waals surface area contributed by atoms with Gasteiger partial charge >= 0.3 is 0 Å². The van der Waals surface area contributed by atoms with Crippen molar-refractivity contribution in [2.24, 2.45) is 4.99 Å². The van der Waals surface area contributed by atoms with Crippen LogP contribution < -0.4 is 15.4 Å². The van der Waals surface area contributed by atoms with Crippen LogP contribution in [0.3, 0.4) is 0 Å². The van der Waals surface area contributed by atoms with Crippen LogP contribution in [-0.4, -0.2) is 44.9 Å². The van der Waals surface area contributed by atoms with Crippen molar-refractivity contribution in [1.29, 1.82) is 0 Å². The number of hydrogen-bond acceptors (Lipinski definition) is 4. The quantitative estimate of drug-likeness (QED) is 0.426. The van der Waals surface area contributed by atoms with E-state index < -0.39 is 0 Å². The fourth-order valence-corrected chi connectivity index (χ4v) is 3.05. The van der Waals surface area contributed by atoms with Gasteiger partial charge in [-0.2, -0.15) is 11.8 Å². The molecule has 1 heterocycles. The predicted molar refractivity (Wildman–Crippen MR) is 97.4 cm³/mol. The Morgan fingerprint density at radius 1 is 1.29 bits per heavy atom. The number of unbranched alkanes of at least 4 members (excludes halogenated alkanes) is 1. The number of halogens is 1. The molecule has 0 saturated heterocycles. The second-order valence-electron chi connectivity index (χ2n) is 5.54. The Balaban J connectivity index is 1.79. The molecule has 0 spiro atoms. The van der Waals surface area contributed by atoms with E-state index in [0.717, 1.165) is 35.8 Å². The highest BCUT2D eigenvalue weighted by Crippen LogP contribution is 2.29. The van der Waals surface area contributed by atoms with Crippen LogP contribution in [0, 0.1) is 5.82 Å². The van der Waals surface area contributed by atoms with Gasteiger partial charge in [-0.15, -0.1) is 0 Å². The van der Waals surface area contributed by atoms with Crippen LogP contribution in [0.1, 0.15) is 24.0 Å². The summed E-state index contributed by atoms with van der Waals surface area (Å²) in [4.78, 5) is 4.21. The van der Waals surface area contributed by atoms with Crippen LogP contribution in [0.25, 0.3) is 0 Å². The van der Waals surface area contributed by atoms with Crippen LogP contribution >= 0.6 is 11.8 Å². The largest absolute Gasteiger partial charge is 0.467 e. The van der Waals surface area contributed by atoms with Crippen molar-refractivity contribution in [2.75, 3.05) is 38.9 Å². The highest BCUT2D eigenvalue weighted by atomic mass is 32.2. The van der Waals surface area contributed by atoms with E-state index in [1.54, 1.807) is 7.05 Å². The molecule has 1 aromatic rings. The number of fused-ring (bicyclic) bond motifs is 1. The molecule has 0 saturated carbocycles. The summed E-state index contributed by atoms with van der Waals surface area (Å²) in [6.07, 6.45) is 5.09. The molecule has 0 amide bonds. The average Bonchev–Trinajstić information content (AvgIpc) is 2.59. The Labute approximate surface area is 147 Å². The SMILES string of the molecule is CN=C(NCCCCSC)NCCc1cc(F)cc2c1OCOC2. The van der Waals surface area contributed by atoms with Gasteiger partial charge in [0.1, 0.15) is 11.6 Å². The van der Waals surface area contributed by atoms with Gasteiger partial charge in [0.15, 0.2) is 12.8 Å². The van der Waals surface area contributed by atoms with Crippen molar-refractivity contribution >= 4 is 17.7 Å². The monoisotopic (exact) mass is 355 g/mol. The van der Waals surface area contributed by atoms with E-state index in [9.17, 15) is 4.39 Å². The number of nitrogens with zero attached hydrogens (tertiary/aromatic N) is 1. The van der Waals surface area contributed by atoms with Gasteiger partial charge in [0.2, 0.25) is 0 Å². The topological polar surface area (TPSA) is 54.9 Å². The number of nitrogens with one attached hydrogen (secondary N) is 2. The zero-order valence-electron chi connectivity index (χ0n) is 14.4. The lowest BCUT2D eigenvalue weighted by molar-refractivity contribution is -0.0172. The van der Waals surface area contributed by atoms with Crippen LogP contribution in [0.4, 0.5) is 4.39 Å².